The van der Waals surface area contributed by atoms with Gasteiger partial charge < -0.3 is 14.6 Å². The van der Waals surface area contributed by atoms with Crippen molar-refractivity contribution in [2.45, 2.75) is 12.8 Å². The van der Waals surface area contributed by atoms with Crippen LogP contribution in [-0.2, 0) is 10.0 Å². The molecule has 3 rings (SSSR count). The van der Waals surface area contributed by atoms with Crippen molar-refractivity contribution in [2.24, 2.45) is 5.92 Å². The Morgan fingerprint density at radius 1 is 1.25 bits per heavy atom. The molecular formula is C19H24ClN3O4S. The Bertz CT molecular complexity index is 936. The van der Waals surface area contributed by atoms with Crippen LogP contribution in [0.5, 0.6) is 5.75 Å². The Hall–Kier alpha value is -2.03. The van der Waals surface area contributed by atoms with Crippen LogP contribution >= 0.6 is 11.6 Å². The number of carbonyl (C=O) groups is 1. The van der Waals surface area contributed by atoms with Crippen molar-refractivity contribution >= 4 is 27.5 Å². The van der Waals surface area contributed by atoms with E-state index in [1.54, 1.807) is 12.1 Å². The molecule has 9 heteroatoms. The minimum Gasteiger partial charge on any atom is -0.496 e. The maximum atomic E-state index is 12.7. The maximum Gasteiger partial charge on any atom is 0.255 e. The van der Waals surface area contributed by atoms with Crippen molar-refractivity contribution in [2.75, 3.05) is 33.0 Å². The second kappa shape index (κ2) is 8.55. The molecule has 1 aliphatic rings. The van der Waals surface area contributed by atoms with Gasteiger partial charge in [-0.25, -0.2) is 12.7 Å². The standard InChI is InChI=1S/C19H24ClN3O4S/c1-27-18-12-17(22-7-3-4-8-22)16(20)11-15(18)19(24)21-13-14-5-9-23(10-6-14)28(2,25)26/h3-4,7-8,11-12,14H,5-6,9-10,13H2,1-2H3,(H,21,24). The van der Waals surface area contributed by atoms with Crippen LogP contribution < -0.4 is 10.1 Å². The number of halogens is 1. The summed E-state index contributed by atoms with van der Waals surface area (Å²) in [6.45, 7) is 1.46. The monoisotopic (exact) mass is 425 g/mol. The summed E-state index contributed by atoms with van der Waals surface area (Å²) in [5.41, 5.74) is 1.10. The predicted molar refractivity (Wildman–Crippen MR) is 109 cm³/mol. The molecule has 0 atom stereocenters. The second-order valence-electron chi connectivity index (χ2n) is 6.91. The fourth-order valence-electron chi connectivity index (χ4n) is 3.36. The topological polar surface area (TPSA) is 80.6 Å². The minimum absolute atomic E-state index is 0.238. The van der Waals surface area contributed by atoms with Crippen LogP contribution in [-0.4, -0.2) is 56.2 Å². The van der Waals surface area contributed by atoms with Gasteiger partial charge in [0.15, 0.2) is 0 Å². The van der Waals surface area contributed by atoms with Gasteiger partial charge >= 0.3 is 0 Å². The van der Waals surface area contributed by atoms with E-state index in [2.05, 4.69) is 5.32 Å². The van der Waals surface area contributed by atoms with Crippen molar-refractivity contribution < 1.29 is 17.9 Å². The predicted octanol–water partition coefficient (Wildman–Crippen LogP) is 2.54. The van der Waals surface area contributed by atoms with Gasteiger partial charge in [-0.15, -0.1) is 0 Å². The molecule has 2 aromatic rings. The molecule has 1 saturated heterocycles. The summed E-state index contributed by atoms with van der Waals surface area (Å²) < 4.78 is 31.9. The highest BCUT2D eigenvalue weighted by atomic mass is 35.5. The van der Waals surface area contributed by atoms with Crippen LogP contribution in [0.4, 0.5) is 0 Å². The van der Waals surface area contributed by atoms with Gasteiger partial charge in [0, 0.05) is 38.1 Å². The van der Waals surface area contributed by atoms with Crippen LogP contribution in [0.3, 0.4) is 0 Å². The van der Waals surface area contributed by atoms with Crippen LogP contribution in [0.2, 0.25) is 5.02 Å². The molecule has 1 aliphatic heterocycles. The minimum atomic E-state index is -3.15. The smallest absolute Gasteiger partial charge is 0.255 e. The lowest BCUT2D eigenvalue weighted by Gasteiger charge is -2.30. The Morgan fingerprint density at radius 2 is 1.89 bits per heavy atom. The fraction of sp³-hybridized carbons (Fsp3) is 0.421. The summed E-state index contributed by atoms with van der Waals surface area (Å²) in [7, 11) is -1.63. The zero-order valence-electron chi connectivity index (χ0n) is 15.9. The van der Waals surface area contributed by atoms with Gasteiger partial charge in [0.1, 0.15) is 5.75 Å². The molecule has 152 valence electrons. The third-order valence-electron chi connectivity index (χ3n) is 4.99. The van der Waals surface area contributed by atoms with Crippen molar-refractivity contribution in [1.29, 1.82) is 0 Å². The number of rotatable bonds is 6. The largest absolute Gasteiger partial charge is 0.496 e. The molecule has 28 heavy (non-hydrogen) atoms. The summed E-state index contributed by atoms with van der Waals surface area (Å²) in [6.07, 6.45) is 6.39. The molecule has 0 aliphatic carbocycles. The number of benzene rings is 1. The first-order chi connectivity index (χ1) is 13.3. The summed E-state index contributed by atoms with van der Waals surface area (Å²) in [5.74, 6) is 0.420. The summed E-state index contributed by atoms with van der Waals surface area (Å²) in [4.78, 5) is 12.7. The molecule has 0 unspecified atom stereocenters. The molecule has 7 nitrogen and oxygen atoms in total. The number of aromatic nitrogens is 1. The molecule has 1 fully saturated rings. The van der Waals surface area contributed by atoms with Crippen LogP contribution in [0, 0.1) is 5.92 Å². The van der Waals surface area contributed by atoms with E-state index in [1.165, 1.54) is 17.7 Å². The number of carbonyl (C=O) groups excluding carboxylic acids is 1. The number of sulfonamides is 1. The van der Waals surface area contributed by atoms with Gasteiger partial charge in [-0.2, -0.15) is 0 Å². The van der Waals surface area contributed by atoms with Crippen LogP contribution in [0.25, 0.3) is 5.69 Å². The maximum absolute atomic E-state index is 12.7. The summed E-state index contributed by atoms with van der Waals surface area (Å²) >= 11 is 6.38. The number of hydrogen-bond acceptors (Lipinski definition) is 4. The Kier molecular flexibility index (Phi) is 6.32. The summed E-state index contributed by atoms with van der Waals surface area (Å²) in [5, 5.41) is 3.37. The Morgan fingerprint density at radius 3 is 2.46 bits per heavy atom. The lowest BCUT2D eigenvalue weighted by atomic mass is 9.98. The van der Waals surface area contributed by atoms with E-state index in [-0.39, 0.29) is 11.8 Å². The number of nitrogens with zero attached hydrogens (tertiary/aromatic N) is 2. The Balaban J connectivity index is 1.65. The van der Waals surface area contributed by atoms with E-state index in [4.69, 9.17) is 16.3 Å². The molecule has 0 radical (unpaired) electrons. The first-order valence-corrected chi connectivity index (χ1v) is 11.3. The molecule has 1 aromatic heterocycles. The first-order valence-electron chi connectivity index (χ1n) is 9.04. The molecule has 0 saturated carbocycles. The second-order valence-corrected chi connectivity index (χ2v) is 9.30. The number of amides is 1. The fourth-order valence-corrected chi connectivity index (χ4v) is 4.49. The highest BCUT2D eigenvalue weighted by Gasteiger charge is 2.25. The molecule has 0 spiro atoms. The lowest BCUT2D eigenvalue weighted by Crippen LogP contribution is -2.41. The number of piperidine rings is 1. The van der Waals surface area contributed by atoms with Gasteiger partial charge in [0.2, 0.25) is 10.0 Å². The van der Waals surface area contributed by atoms with E-state index in [0.29, 0.717) is 36.0 Å². The van der Waals surface area contributed by atoms with E-state index in [9.17, 15) is 13.2 Å². The molecule has 2 heterocycles. The SMILES string of the molecule is COc1cc(-n2cccc2)c(Cl)cc1C(=O)NCC1CCN(S(C)(=O)=O)CC1. The number of hydrogen-bond donors (Lipinski definition) is 1. The number of nitrogens with one attached hydrogen (secondary N) is 1. The Labute approximate surface area is 170 Å². The van der Waals surface area contributed by atoms with Crippen molar-refractivity contribution in [3.63, 3.8) is 0 Å². The molecule has 1 aromatic carbocycles. The normalized spacial score (nSPS) is 16.1. The average Bonchev–Trinajstić information content (AvgIpc) is 3.20. The summed E-state index contributed by atoms with van der Waals surface area (Å²) in [6, 6.07) is 7.12. The van der Waals surface area contributed by atoms with E-state index in [1.807, 2.05) is 29.1 Å². The number of ether oxygens (including phenoxy) is 1. The van der Waals surface area contributed by atoms with Crippen molar-refractivity contribution in [3.8, 4) is 11.4 Å². The van der Waals surface area contributed by atoms with Crippen molar-refractivity contribution in [1.82, 2.24) is 14.2 Å². The third-order valence-corrected chi connectivity index (χ3v) is 6.60. The van der Waals surface area contributed by atoms with Gasteiger partial charge in [-0.3, -0.25) is 4.79 Å². The lowest BCUT2D eigenvalue weighted by molar-refractivity contribution is 0.0938. The van der Waals surface area contributed by atoms with Gasteiger partial charge in [-0.05, 0) is 37.0 Å². The average molecular weight is 426 g/mol. The quantitative estimate of drug-likeness (QED) is 0.771. The highest BCUT2D eigenvalue weighted by Crippen LogP contribution is 2.30. The van der Waals surface area contributed by atoms with Crippen LogP contribution in [0.1, 0.15) is 23.2 Å². The third kappa shape index (κ3) is 4.68. The first kappa shape index (κ1) is 20.7. The number of methoxy groups -OCH3 is 1. The van der Waals surface area contributed by atoms with Gasteiger partial charge in [0.25, 0.3) is 5.91 Å². The van der Waals surface area contributed by atoms with Crippen LogP contribution in [0.15, 0.2) is 36.7 Å². The van der Waals surface area contributed by atoms with Gasteiger partial charge in [-0.1, -0.05) is 11.6 Å². The molecule has 0 bridgehead atoms. The molecular weight excluding hydrogens is 402 g/mol. The van der Waals surface area contributed by atoms with E-state index >= 15 is 0 Å². The van der Waals surface area contributed by atoms with Crippen molar-refractivity contribution in [3.05, 3.63) is 47.2 Å². The zero-order valence-corrected chi connectivity index (χ0v) is 17.5. The van der Waals surface area contributed by atoms with Gasteiger partial charge in [0.05, 0.1) is 29.6 Å². The van der Waals surface area contributed by atoms with E-state index < -0.39 is 10.0 Å². The van der Waals surface area contributed by atoms with E-state index in [0.717, 1.165) is 18.5 Å². The zero-order chi connectivity index (χ0) is 20.3. The highest BCUT2D eigenvalue weighted by molar-refractivity contribution is 7.88. The molecule has 1 N–H and O–H groups in total. The molecule has 1 amide bonds.